The first-order chi connectivity index (χ1) is 17.4. The Bertz CT molecular complexity index is 1150. The molecule has 10 nitrogen and oxygen atoms in total. The Morgan fingerprint density at radius 3 is 2.83 bits per heavy atom. The highest BCUT2D eigenvalue weighted by Gasteiger charge is 2.22. The van der Waals surface area contributed by atoms with Crippen LogP contribution in [0.25, 0.3) is 10.7 Å². The van der Waals surface area contributed by atoms with E-state index in [2.05, 4.69) is 25.2 Å². The summed E-state index contributed by atoms with van der Waals surface area (Å²) in [6.07, 6.45) is 5.63. The normalized spacial score (nSPS) is 15.5. The molecule has 1 atom stereocenters. The molecule has 192 valence electrons. The van der Waals surface area contributed by atoms with Crippen molar-refractivity contribution in [3.05, 3.63) is 47.2 Å². The number of nitrogens with zero attached hydrogens (tertiary/aromatic N) is 4. The van der Waals surface area contributed by atoms with Crippen molar-refractivity contribution in [2.75, 3.05) is 37.7 Å². The number of ether oxygens (including phenoxy) is 1. The monoisotopic (exact) mass is 511 g/mol. The molecule has 1 saturated heterocycles. The molecule has 1 aliphatic heterocycles. The second-order valence-electron chi connectivity index (χ2n) is 9.08. The van der Waals surface area contributed by atoms with Gasteiger partial charge in [-0.3, -0.25) is 14.7 Å². The van der Waals surface area contributed by atoms with E-state index in [0.717, 1.165) is 43.2 Å². The molecule has 0 aliphatic carbocycles. The van der Waals surface area contributed by atoms with E-state index in [1.807, 2.05) is 24.4 Å². The predicted octanol–water partition coefficient (Wildman–Crippen LogP) is 2.56. The average Bonchev–Trinajstić information content (AvgIpc) is 3.34. The molecule has 0 saturated carbocycles. The lowest BCUT2D eigenvalue weighted by Crippen LogP contribution is -2.38. The highest BCUT2D eigenvalue weighted by Crippen LogP contribution is 2.27. The van der Waals surface area contributed by atoms with E-state index >= 15 is 0 Å². The van der Waals surface area contributed by atoms with Crippen LogP contribution in [-0.4, -0.2) is 63.2 Å². The van der Waals surface area contributed by atoms with Crippen LogP contribution in [0.15, 0.2) is 36.7 Å². The molecule has 4 heterocycles. The summed E-state index contributed by atoms with van der Waals surface area (Å²) in [5, 5.41) is 13.3. The van der Waals surface area contributed by atoms with Crippen molar-refractivity contribution in [1.82, 2.24) is 25.2 Å². The van der Waals surface area contributed by atoms with Crippen LogP contribution in [0.3, 0.4) is 0 Å². The molecule has 0 spiro atoms. The summed E-state index contributed by atoms with van der Waals surface area (Å²) >= 11 is 1.68. The van der Waals surface area contributed by atoms with Gasteiger partial charge < -0.3 is 26.6 Å². The van der Waals surface area contributed by atoms with Crippen LogP contribution >= 0.6 is 11.3 Å². The molecular weight excluding hydrogens is 478 g/mol. The summed E-state index contributed by atoms with van der Waals surface area (Å²) in [5.74, 6) is 0.197. The van der Waals surface area contributed by atoms with E-state index < -0.39 is 6.10 Å². The Morgan fingerprint density at radius 2 is 2.11 bits per heavy atom. The second kappa shape index (κ2) is 12.1. The van der Waals surface area contributed by atoms with Gasteiger partial charge in [-0.15, -0.1) is 11.3 Å². The van der Waals surface area contributed by atoms with Crippen LogP contribution in [0.1, 0.15) is 41.6 Å². The Hall–Kier alpha value is -3.28. The lowest BCUT2D eigenvalue weighted by atomic mass is 9.96. The summed E-state index contributed by atoms with van der Waals surface area (Å²) < 4.78 is 5.53. The minimum Gasteiger partial charge on any atom is -0.476 e. The van der Waals surface area contributed by atoms with Crippen LogP contribution < -0.4 is 21.5 Å². The fourth-order valence-corrected chi connectivity index (χ4v) is 4.92. The van der Waals surface area contributed by atoms with Gasteiger partial charge in [-0.25, -0.2) is 9.97 Å². The molecule has 3 aromatic rings. The van der Waals surface area contributed by atoms with Gasteiger partial charge in [0.25, 0.3) is 5.91 Å². The fraction of sp³-hybridized carbons (Fsp3) is 0.440. The highest BCUT2D eigenvalue weighted by molar-refractivity contribution is 7.14. The maximum absolute atomic E-state index is 12.7. The minimum absolute atomic E-state index is 0.114. The summed E-state index contributed by atoms with van der Waals surface area (Å²) in [5.41, 5.74) is 13.4. The van der Waals surface area contributed by atoms with Crippen molar-refractivity contribution in [3.8, 4) is 16.6 Å². The first kappa shape index (κ1) is 25.8. The van der Waals surface area contributed by atoms with Gasteiger partial charge >= 0.3 is 0 Å². The zero-order chi connectivity index (χ0) is 25.5. The number of amides is 1. The molecule has 0 bridgehead atoms. The number of aliphatic hydroxyl groups is 1. The minimum atomic E-state index is -0.507. The van der Waals surface area contributed by atoms with Crippen molar-refractivity contribution in [3.63, 3.8) is 0 Å². The summed E-state index contributed by atoms with van der Waals surface area (Å²) in [7, 11) is 0. The molecule has 0 unspecified atom stereocenters. The van der Waals surface area contributed by atoms with Gasteiger partial charge in [-0.05, 0) is 57.0 Å². The van der Waals surface area contributed by atoms with Crippen molar-refractivity contribution in [1.29, 1.82) is 0 Å². The lowest BCUT2D eigenvalue weighted by molar-refractivity contribution is 0.0928. The molecule has 0 radical (unpaired) electrons. The number of nitrogens with one attached hydrogen (secondary N) is 1. The molecule has 1 aliphatic rings. The SMILES string of the molecule is C[C@@H](O)CCOc1nc(C(=O)NCC2CCN(Cc3cnc(-c4ccccn4)s3)CC2)cc(N)c1N. The Morgan fingerprint density at radius 1 is 1.31 bits per heavy atom. The first-order valence-corrected chi connectivity index (χ1v) is 12.9. The zero-order valence-corrected chi connectivity index (χ0v) is 21.2. The Kier molecular flexibility index (Phi) is 8.68. The number of aliphatic hydroxyl groups excluding tert-OH is 1. The third-order valence-corrected chi connectivity index (χ3v) is 7.14. The van der Waals surface area contributed by atoms with E-state index in [1.165, 1.54) is 10.9 Å². The number of hydrogen-bond donors (Lipinski definition) is 4. The second-order valence-corrected chi connectivity index (χ2v) is 10.2. The van der Waals surface area contributed by atoms with Gasteiger partial charge in [-0.2, -0.15) is 0 Å². The molecule has 1 amide bonds. The Labute approximate surface area is 214 Å². The summed E-state index contributed by atoms with van der Waals surface area (Å²) in [6.45, 7) is 5.26. The number of thiazole rings is 1. The largest absolute Gasteiger partial charge is 0.476 e. The number of aromatic nitrogens is 3. The third kappa shape index (κ3) is 6.90. The number of anilines is 2. The molecule has 11 heteroatoms. The zero-order valence-electron chi connectivity index (χ0n) is 20.4. The van der Waals surface area contributed by atoms with E-state index in [4.69, 9.17) is 16.2 Å². The van der Waals surface area contributed by atoms with E-state index in [-0.39, 0.29) is 35.5 Å². The lowest BCUT2D eigenvalue weighted by Gasteiger charge is -2.31. The third-order valence-electron chi connectivity index (χ3n) is 6.14. The van der Waals surface area contributed by atoms with E-state index in [1.54, 1.807) is 24.5 Å². The highest BCUT2D eigenvalue weighted by atomic mass is 32.1. The predicted molar refractivity (Wildman–Crippen MR) is 141 cm³/mol. The average molecular weight is 512 g/mol. The topological polar surface area (TPSA) is 153 Å². The molecule has 36 heavy (non-hydrogen) atoms. The number of rotatable bonds is 10. The van der Waals surface area contributed by atoms with Crippen LogP contribution in [-0.2, 0) is 6.54 Å². The van der Waals surface area contributed by atoms with Gasteiger partial charge in [0.05, 0.1) is 24.1 Å². The van der Waals surface area contributed by atoms with E-state index in [0.29, 0.717) is 18.9 Å². The molecular formula is C25H33N7O3S. The number of carbonyl (C=O) groups excluding carboxylic acids is 1. The smallest absolute Gasteiger partial charge is 0.270 e. The van der Waals surface area contributed by atoms with Crippen molar-refractivity contribution < 1.29 is 14.6 Å². The number of hydrogen-bond acceptors (Lipinski definition) is 10. The molecule has 3 aromatic heterocycles. The number of nitrogens with two attached hydrogens (primary N) is 2. The number of nitrogen functional groups attached to an aromatic ring is 2. The van der Waals surface area contributed by atoms with Crippen LogP contribution in [0.5, 0.6) is 5.88 Å². The maximum atomic E-state index is 12.7. The van der Waals surface area contributed by atoms with Gasteiger partial charge in [0.15, 0.2) is 0 Å². The summed E-state index contributed by atoms with van der Waals surface area (Å²) in [4.78, 5) is 29.5. The molecule has 0 aromatic carbocycles. The van der Waals surface area contributed by atoms with Crippen molar-refractivity contribution in [2.45, 2.75) is 38.8 Å². The molecule has 4 rings (SSSR count). The standard InChI is InChI=1S/C25H33N7O3S/c1-16(33)7-11-35-24-22(27)19(26)12-21(31-24)23(34)29-13-17-5-9-32(10-6-17)15-18-14-30-25(36-18)20-4-2-3-8-28-20/h2-4,8,12,14,16-17,33H,5-7,9-11,13,15,27H2,1H3,(H2,26,31)(H,29,34)/t16-/m1/s1. The first-order valence-electron chi connectivity index (χ1n) is 12.1. The summed E-state index contributed by atoms with van der Waals surface area (Å²) in [6, 6.07) is 7.31. The number of piperidine rings is 1. The van der Waals surface area contributed by atoms with Crippen LogP contribution in [0.2, 0.25) is 0 Å². The quantitative estimate of drug-likeness (QED) is 0.322. The van der Waals surface area contributed by atoms with Crippen LogP contribution in [0.4, 0.5) is 11.4 Å². The number of carbonyl (C=O) groups is 1. The number of pyridine rings is 2. The molecule has 1 fully saturated rings. The van der Waals surface area contributed by atoms with Gasteiger partial charge in [-0.1, -0.05) is 6.07 Å². The van der Waals surface area contributed by atoms with Gasteiger partial charge in [0.1, 0.15) is 16.4 Å². The van der Waals surface area contributed by atoms with Crippen LogP contribution in [0, 0.1) is 5.92 Å². The number of likely N-dealkylation sites (tertiary alicyclic amines) is 1. The maximum Gasteiger partial charge on any atom is 0.270 e. The van der Waals surface area contributed by atoms with Crippen molar-refractivity contribution in [2.24, 2.45) is 5.92 Å². The van der Waals surface area contributed by atoms with Gasteiger partial charge in [0.2, 0.25) is 5.88 Å². The fourth-order valence-electron chi connectivity index (χ4n) is 3.99. The van der Waals surface area contributed by atoms with Gasteiger partial charge in [0, 0.05) is 36.8 Å². The van der Waals surface area contributed by atoms with E-state index in [9.17, 15) is 9.90 Å². The van der Waals surface area contributed by atoms with Crippen molar-refractivity contribution >= 4 is 28.6 Å². The Balaban J connectivity index is 1.24. The molecule has 6 N–H and O–H groups in total.